The van der Waals surface area contributed by atoms with Gasteiger partial charge in [-0.3, -0.25) is 9.55 Å². The summed E-state index contributed by atoms with van der Waals surface area (Å²) in [6, 6.07) is 7.89. The van der Waals surface area contributed by atoms with E-state index in [9.17, 15) is 13.6 Å². The molecule has 0 aliphatic carbocycles. The van der Waals surface area contributed by atoms with Gasteiger partial charge in [0.1, 0.15) is 0 Å². The zero-order chi connectivity index (χ0) is 22.1. The fourth-order valence-corrected chi connectivity index (χ4v) is 4.46. The van der Waals surface area contributed by atoms with Gasteiger partial charge < -0.3 is 19.7 Å². The fraction of sp³-hybridized carbons (Fsp3) is 0.286. The smallest absolute Gasteiger partial charge is 0.395 e. The molecule has 2 aliphatic rings. The Morgan fingerprint density at radius 3 is 2.81 bits per heavy atom. The molecule has 2 aliphatic heterocycles. The summed E-state index contributed by atoms with van der Waals surface area (Å²) in [5.74, 6) is -0.113. The normalized spacial score (nSPS) is 17.1. The summed E-state index contributed by atoms with van der Waals surface area (Å²) >= 11 is 1.34. The second-order valence-electron chi connectivity index (χ2n) is 7.33. The van der Waals surface area contributed by atoms with Crippen molar-refractivity contribution < 1.29 is 23.0 Å². The van der Waals surface area contributed by atoms with Crippen LogP contribution in [0, 0.1) is 0 Å². The zero-order valence-electron chi connectivity index (χ0n) is 16.8. The number of ether oxygens (including phenoxy) is 2. The summed E-state index contributed by atoms with van der Waals surface area (Å²) in [5.41, 5.74) is 1.38. The van der Waals surface area contributed by atoms with E-state index in [1.54, 1.807) is 27.9 Å². The van der Waals surface area contributed by atoms with Gasteiger partial charge in [0.05, 0.1) is 17.9 Å². The molecule has 1 fully saturated rings. The van der Waals surface area contributed by atoms with Crippen molar-refractivity contribution in [1.29, 1.82) is 0 Å². The van der Waals surface area contributed by atoms with E-state index < -0.39 is 6.29 Å². The number of anilines is 1. The first kappa shape index (κ1) is 20.4. The van der Waals surface area contributed by atoms with E-state index in [1.165, 1.54) is 23.5 Å². The van der Waals surface area contributed by atoms with Crippen molar-refractivity contribution in [2.45, 2.75) is 25.7 Å². The van der Waals surface area contributed by atoms with E-state index in [0.29, 0.717) is 30.1 Å². The van der Waals surface area contributed by atoms with E-state index in [-0.39, 0.29) is 17.5 Å². The number of carbonyl (C=O) groups excluding carboxylic acids is 1. The van der Waals surface area contributed by atoms with Crippen LogP contribution in [0.4, 0.5) is 19.3 Å². The number of thiazole rings is 1. The summed E-state index contributed by atoms with van der Waals surface area (Å²) in [6.07, 6.45) is 3.44. The van der Waals surface area contributed by atoms with Crippen molar-refractivity contribution in [3.8, 4) is 17.2 Å². The first-order chi connectivity index (χ1) is 15.5. The van der Waals surface area contributed by atoms with Gasteiger partial charge in [-0.2, -0.15) is 4.99 Å². The number of carbonyl (C=O) groups is 1. The first-order valence-corrected chi connectivity index (χ1v) is 10.9. The molecule has 0 unspecified atom stereocenters. The number of nitrogens with one attached hydrogen (secondary N) is 1. The van der Waals surface area contributed by atoms with Crippen LogP contribution in [0.2, 0.25) is 0 Å². The number of hydrogen-bond acceptors (Lipinski definition) is 6. The SMILES string of the molecule is O=C(N=c1sc(CNc2cccnc2)cn1-c1ccc2c(c1)OC(F)(F)O2)N1CCCC1. The van der Waals surface area contributed by atoms with Crippen LogP contribution in [0.1, 0.15) is 17.7 Å². The van der Waals surface area contributed by atoms with Crippen LogP contribution in [0.25, 0.3) is 5.69 Å². The number of hydrogen-bond donors (Lipinski definition) is 1. The molecule has 5 rings (SSSR count). The van der Waals surface area contributed by atoms with Gasteiger partial charge in [0.25, 0.3) is 0 Å². The van der Waals surface area contributed by atoms with Crippen molar-refractivity contribution >= 4 is 23.1 Å². The van der Waals surface area contributed by atoms with Crippen molar-refractivity contribution in [1.82, 2.24) is 14.5 Å². The van der Waals surface area contributed by atoms with Crippen LogP contribution < -0.4 is 19.6 Å². The number of fused-ring (bicyclic) bond motifs is 1. The highest BCUT2D eigenvalue weighted by Crippen LogP contribution is 2.41. The molecule has 0 saturated carbocycles. The van der Waals surface area contributed by atoms with E-state index in [4.69, 9.17) is 0 Å². The van der Waals surface area contributed by atoms with Crippen molar-refractivity contribution in [2.75, 3.05) is 18.4 Å². The number of likely N-dealkylation sites (tertiary alicyclic amines) is 1. The lowest BCUT2D eigenvalue weighted by Crippen LogP contribution is -2.27. The Bertz CT molecular complexity index is 1210. The molecule has 3 aromatic rings. The minimum atomic E-state index is -3.70. The van der Waals surface area contributed by atoms with Gasteiger partial charge in [-0.15, -0.1) is 8.78 Å². The van der Waals surface area contributed by atoms with Gasteiger partial charge in [0.15, 0.2) is 16.3 Å². The Labute approximate surface area is 185 Å². The Morgan fingerprint density at radius 2 is 2.03 bits per heavy atom. The standard InChI is InChI=1S/C21H19F2N5O3S/c22-21(23)30-17-6-5-15(10-18(17)31-21)28-13-16(12-25-14-4-3-7-24-11-14)32-20(28)26-19(29)27-8-1-2-9-27/h3-7,10-11,13,25H,1-2,8-9,12H2. The molecule has 4 heterocycles. The van der Waals surface area contributed by atoms with Crippen LogP contribution in [-0.2, 0) is 6.54 Å². The van der Waals surface area contributed by atoms with Gasteiger partial charge in [0.2, 0.25) is 0 Å². The third kappa shape index (κ3) is 4.28. The molecule has 0 bridgehead atoms. The predicted octanol–water partition coefficient (Wildman–Crippen LogP) is 3.98. The Hall–Kier alpha value is -3.47. The zero-order valence-corrected chi connectivity index (χ0v) is 17.6. The first-order valence-electron chi connectivity index (χ1n) is 10.1. The number of urea groups is 1. The monoisotopic (exact) mass is 459 g/mol. The lowest BCUT2D eigenvalue weighted by atomic mass is 10.3. The van der Waals surface area contributed by atoms with Gasteiger partial charge in [0, 0.05) is 42.6 Å². The quantitative estimate of drug-likeness (QED) is 0.638. The van der Waals surface area contributed by atoms with Crippen LogP contribution in [0.15, 0.2) is 53.9 Å². The van der Waals surface area contributed by atoms with Crippen molar-refractivity contribution in [3.05, 3.63) is 58.6 Å². The second-order valence-corrected chi connectivity index (χ2v) is 8.43. The van der Waals surface area contributed by atoms with Crippen molar-refractivity contribution in [2.24, 2.45) is 4.99 Å². The largest absolute Gasteiger partial charge is 0.586 e. The van der Waals surface area contributed by atoms with Gasteiger partial charge in [-0.05, 0) is 37.1 Å². The van der Waals surface area contributed by atoms with Gasteiger partial charge in [-0.1, -0.05) is 11.3 Å². The molecule has 2 amide bonds. The van der Waals surface area contributed by atoms with Crippen LogP contribution in [-0.4, -0.2) is 39.9 Å². The minimum absolute atomic E-state index is 0.0420. The maximum Gasteiger partial charge on any atom is 0.586 e. The fourth-order valence-electron chi connectivity index (χ4n) is 3.54. The molecule has 2 aromatic heterocycles. The number of amides is 2. The molecule has 11 heteroatoms. The molecular formula is C21H19F2N5O3S. The molecule has 32 heavy (non-hydrogen) atoms. The summed E-state index contributed by atoms with van der Waals surface area (Å²) < 4.78 is 37.6. The van der Waals surface area contributed by atoms with Crippen LogP contribution >= 0.6 is 11.3 Å². The molecule has 166 valence electrons. The number of halogens is 2. The Balaban J connectivity index is 1.49. The van der Waals surface area contributed by atoms with E-state index in [2.05, 4.69) is 24.8 Å². The maximum absolute atomic E-state index is 13.4. The maximum atomic E-state index is 13.4. The molecule has 0 atom stereocenters. The Kier molecular flexibility index (Phi) is 5.25. The molecule has 0 radical (unpaired) electrons. The van der Waals surface area contributed by atoms with Gasteiger partial charge >= 0.3 is 12.3 Å². The molecule has 8 nitrogen and oxygen atoms in total. The molecular weight excluding hydrogens is 440 g/mol. The number of aromatic nitrogens is 2. The predicted molar refractivity (Wildman–Crippen MR) is 113 cm³/mol. The van der Waals surface area contributed by atoms with E-state index in [1.807, 2.05) is 18.3 Å². The highest BCUT2D eigenvalue weighted by atomic mass is 32.1. The summed E-state index contributed by atoms with van der Waals surface area (Å²) in [4.78, 5) is 24.1. The lowest BCUT2D eigenvalue weighted by molar-refractivity contribution is -0.286. The minimum Gasteiger partial charge on any atom is -0.395 e. The molecule has 1 saturated heterocycles. The highest BCUT2D eigenvalue weighted by Gasteiger charge is 2.43. The number of alkyl halides is 2. The average Bonchev–Trinajstić information content (AvgIpc) is 3.50. The highest BCUT2D eigenvalue weighted by molar-refractivity contribution is 7.09. The molecule has 1 N–H and O–H groups in total. The Morgan fingerprint density at radius 1 is 1.22 bits per heavy atom. The van der Waals surface area contributed by atoms with Crippen LogP contribution in [0.3, 0.4) is 0 Å². The third-order valence-corrected chi connectivity index (χ3v) is 6.04. The third-order valence-electron chi connectivity index (χ3n) is 5.06. The number of benzene rings is 1. The molecule has 1 aromatic carbocycles. The molecule has 0 spiro atoms. The van der Waals surface area contributed by atoms with Gasteiger partial charge in [-0.25, -0.2) is 4.79 Å². The number of nitrogens with zero attached hydrogens (tertiary/aromatic N) is 4. The van der Waals surface area contributed by atoms with Crippen molar-refractivity contribution in [3.63, 3.8) is 0 Å². The summed E-state index contributed by atoms with van der Waals surface area (Å²) in [7, 11) is 0. The number of pyridine rings is 1. The van der Waals surface area contributed by atoms with E-state index >= 15 is 0 Å². The average molecular weight is 459 g/mol. The number of rotatable bonds is 4. The van der Waals surface area contributed by atoms with Crippen LogP contribution in [0.5, 0.6) is 11.5 Å². The summed E-state index contributed by atoms with van der Waals surface area (Å²) in [5, 5.41) is 3.27. The lowest BCUT2D eigenvalue weighted by Gasteiger charge is -2.10. The summed E-state index contributed by atoms with van der Waals surface area (Å²) in [6.45, 7) is 1.84. The topological polar surface area (TPSA) is 81.0 Å². The van der Waals surface area contributed by atoms with E-state index in [0.717, 1.165) is 23.4 Å². The second kappa shape index (κ2) is 8.23.